The molecule has 10 nitrogen and oxygen atoms in total. The molecule has 0 radical (unpaired) electrons. The molecule has 3 aromatic heterocycles. The van der Waals surface area contributed by atoms with Gasteiger partial charge in [0, 0.05) is 30.2 Å². The van der Waals surface area contributed by atoms with Gasteiger partial charge in [-0.05, 0) is 18.6 Å². The van der Waals surface area contributed by atoms with Crippen molar-refractivity contribution in [2.24, 2.45) is 5.11 Å². The van der Waals surface area contributed by atoms with E-state index in [1.807, 2.05) is 11.5 Å². The van der Waals surface area contributed by atoms with Crippen LogP contribution in [-0.4, -0.2) is 31.6 Å². The number of hydrogen-bond acceptors (Lipinski definition) is 9. The normalized spacial score (nSPS) is 12.5. The van der Waals surface area contributed by atoms with Crippen LogP contribution < -0.4 is 15.8 Å². The third-order valence-corrected chi connectivity index (χ3v) is 5.30. The minimum absolute atomic E-state index is 0.0493. The van der Waals surface area contributed by atoms with Gasteiger partial charge in [-0.2, -0.15) is 5.11 Å². The molecule has 1 aromatic carbocycles. The van der Waals surface area contributed by atoms with Crippen molar-refractivity contribution in [3.05, 3.63) is 66.8 Å². The molecule has 4 N–H and O–H groups in total. The number of nitrogens with zero attached hydrogens (tertiary/aromatic N) is 6. The van der Waals surface area contributed by atoms with Crippen LogP contribution in [0.5, 0.6) is 5.88 Å². The number of nitrogens with one attached hydrogen (secondary N) is 2. The maximum absolute atomic E-state index is 14.1. The van der Waals surface area contributed by atoms with Crippen molar-refractivity contribution in [2.45, 2.75) is 19.4 Å². The minimum Gasteiger partial charge on any atom is -0.480 e. The fourth-order valence-corrected chi connectivity index (χ4v) is 3.73. The molecule has 1 atom stereocenters. The van der Waals surface area contributed by atoms with Crippen molar-refractivity contribution in [2.75, 3.05) is 18.2 Å². The van der Waals surface area contributed by atoms with Crippen molar-refractivity contribution in [3.63, 3.8) is 0 Å². The number of aromatic nitrogens is 5. The van der Waals surface area contributed by atoms with Gasteiger partial charge in [0.25, 0.3) is 0 Å². The van der Waals surface area contributed by atoms with Crippen LogP contribution in [0.1, 0.15) is 19.4 Å². The van der Waals surface area contributed by atoms with Crippen molar-refractivity contribution >= 4 is 22.5 Å². The van der Waals surface area contributed by atoms with E-state index in [-0.39, 0.29) is 17.2 Å². The van der Waals surface area contributed by atoms with Crippen molar-refractivity contribution < 1.29 is 13.5 Å². The van der Waals surface area contributed by atoms with E-state index in [0.717, 1.165) is 12.1 Å². The number of hydrogen-bond donors (Lipinski definition) is 3. The van der Waals surface area contributed by atoms with Gasteiger partial charge in [-0.15, -0.1) is 0 Å². The van der Waals surface area contributed by atoms with E-state index in [4.69, 9.17) is 16.0 Å². The summed E-state index contributed by atoms with van der Waals surface area (Å²) >= 11 is 0. The zero-order valence-electron chi connectivity index (χ0n) is 18.3. The molecule has 0 amide bonds. The Kier molecular flexibility index (Phi) is 6.39. The average molecular weight is 465 g/mol. The van der Waals surface area contributed by atoms with Gasteiger partial charge in [0.05, 0.1) is 29.8 Å². The number of ether oxygens (including phenoxy) is 1. The Labute approximate surface area is 193 Å². The van der Waals surface area contributed by atoms with Crippen LogP contribution >= 0.6 is 0 Å². The molecule has 0 bridgehead atoms. The Hall–Kier alpha value is -4.48. The summed E-state index contributed by atoms with van der Waals surface area (Å²) in [5.41, 5.74) is 16.0. The van der Waals surface area contributed by atoms with Crippen molar-refractivity contribution in [1.29, 1.82) is 5.53 Å². The quantitative estimate of drug-likeness (QED) is 0.321. The van der Waals surface area contributed by atoms with Crippen LogP contribution in [0, 0.1) is 17.2 Å². The molecule has 3 heterocycles. The molecule has 0 saturated carbocycles. The van der Waals surface area contributed by atoms with E-state index < -0.39 is 17.7 Å². The number of anilines is 2. The summed E-state index contributed by atoms with van der Waals surface area (Å²) < 4.78 is 34.5. The van der Waals surface area contributed by atoms with Gasteiger partial charge in [0.1, 0.15) is 41.5 Å². The number of halogens is 2. The van der Waals surface area contributed by atoms with Gasteiger partial charge >= 0.3 is 0 Å². The maximum Gasteiger partial charge on any atom is 0.224 e. The van der Waals surface area contributed by atoms with E-state index in [1.165, 1.54) is 32.0 Å². The molecule has 1 unspecified atom stereocenters. The molecule has 0 spiro atoms. The lowest BCUT2D eigenvalue weighted by molar-refractivity contribution is 0.398. The first-order valence-electron chi connectivity index (χ1n) is 10.2. The molecule has 12 heteroatoms. The summed E-state index contributed by atoms with van der Waals surface area (Å²) in [6.45, 7) is 1.91. The number of nitrogen functional groups attached to an aromatic ring is 1. The van der Waals surface area contributed by atoms with E-state index in [1.54, 1.807) is 12.4 Å². The standard InChI is InChI=1S/C22H21F2N9O/c1-3-18(17(32-26)8-28-16-5-4-12(23)6-15(16)24)33-9-14(13-7-27-10-31-22(13)34-2)19-20(25)29-11-30-21(19)33/h4-11,18,26,28H,3H2,1-2H3,(H2,25,29,30)/b17-8-,32-26?. The molecule has 0 aliphatic rings. The fraction of sp³-hybridized carbons (Fsp3) is 0.182. The summed E-state index contributed by atoms with van der Waals surface area (Å²) in [7, 11) is 1.50. The zero-order valence-corrected chi connectivity index (χ0v) is 18.3. The molecule has 174 valence electrons. The predicted octanol–water partition coefficient (Wildman–Crippen LogP) is 4.69. The molecule has 0 fully saturated rings. The fourth-order valence-electron chi connectivity index (χ4n) is 3.73. The Morgan fingerprint density at radius 2 is 2.09 bits per heavy atom. The van der Waals surface area contributed by atoms with Crippen LogP contribution in [0.2, 0.25) is 0 Å². The van der Waals surface area contributed by atoms with Gasteiger partial charge in [-0.1, -0.05) is 6.92 Å². The third kappa shape index (κ3) is 4.12. The van der Waals surface area contributed by atoms with Gasteiger partial charge in [0.15, 0.2) is 0 Å². The largest absolute Gasteiger partial charge is 0.480 e. The van der Waals surface area contributed by atoms with Gasteiger partial charge < -0.3 is 20.4 Å². The first-order chi connectivity index (χ1) is 16.5. The second kappa shape index (κ2) is 9.57. The van der Waals surface area contributed by atoms with Crippen molar-refractivity contribution in [1.82, 2.24) is 24.5 Å². The highest BCUT2D eigenvalue weighted by Gasteiger charge is 2.24. The number of allylic oxidation sites excluding steroid dienone is 1. The van der Waals surface area contributed by atoms with Crippen LogP contribution in [0.15, 0.2) is 60.3 Å². The van der Waals surface area contributed by atoms with Crippen LogP contribution in [0.4, 0.5) is 20.3 Å². The number of fused-ring (bicyclic) bond motifs is 1. The number of nitrogens with two attached hydrogens (primary N) is 1. The second-order valence-electron chi connectivity index (χ2n) is 7.23. The van der Waals surface area contributed by atoms with E-state index in [2.05, 4.69) is 30.4 Å². The molecule has 0 saturated heterocycles. The van der Waals surface area contributed by atoms with Gasteiger partial charge in [0.2, 0.25) is 5.88 Å². The van der Waals surface area contributed by atoms with Gasteiger partial charge in [-0.3, -0.25) is 0 Å². The lowest BCUT2D eigenvalue weighted by Crippen LogP contribution is -2.11. The van der Waals surface area contributed by atoms with Crippen molar-refractivity contribution in [3.8, 4) is 17.0 Å². The lowest BCUT2D eigenvalue weighted by atomic mass is 10.1. The smallest absolute Gasteiger partial charge is 0.224 e. The minimum atomic E-state index is -0.765. The molecular formula is C22H21F2N9O. The van der Waals surface area contributed by atoms with Crippen LogP contribution in [0.25, 0.3) is 22.2 Å². The maximum atomic E-state index is 14.1. The summed E-state index contributed by atoms with van der Waals surface area (Å²) in [6, 6.07) is 2.69. The Bertz CT molecular complexity index is 1390. The SMILES string of the molecule is CCC(/C(=C/Nc1ccc(F)cc1F)N=N)n1cc(-c2cncnc2OC)c2c(N)ncnc21. The van der Waals surface area contributed by atoms with Crippen LogP contribution in [-0.2, 0) is 0 Å². The topological polar surface area (TPSA) is 140 Å². The highest BCUT2D eigenvalue weighted by atomic mass is 19.1. The third-order valence-electron chi connectivity index (χ3n) is 5.30. The first-order valence-corrected chi connectivity index (χ1v) is 10.2. The Morgan fingerprint density at radius 3 is 2.79 bits per heavy atom. The summed E-state index contributed by atoms with van der Waals surface area (Å²) in [4.78, 5) is 16.8. The molecular weight excluding hydrogens is 444 g/mol. The number of methoxy groups -OCH3 is 1. The summed E-state index contributed by atoms with van der Waals surface area (Å²) in [5.74, 6) is -0.856. The molecule has 4 aromatic rings. The van der Waals surface area contributed by atoms with Crippen LogP contribution in [0.3, 0.4) is 0 Å². The van der Waals surface area contributed by atoms with E-state index in [9.17, 15) is 8.78 Å². The Morgan fingerprint density at radius 1 is 1.26 bits per heavy atom. The number of rotatable bonds is 8. The first kappa shape index (κ1) is 22.7. The monoisotopic (exact) mass is 465 g/mol. The van der Waals surface area contributed by atoms with Gasteiger partial charge in [-0.25, -0.2) is 34.2 Å². The summed E-state index contributed by atoms with van der Waals surface area (Å²) in [5, 5.41) is 6.98. The molecule has 0 aliphatic carbocycles. The average Bonchev–Trinajstić information content (AvgIpc) is 3.23. The molecule has 4 rings (SSSR count). The Balaban J connectivity index is 1.84. The van der Waals surface area contributed by atoms with E-state index >= 15 is 0 Å². The number of benzene rings is 1. The highest BCUT2D eigenvalue weighted by Crippen LogP contribution is 2.39. The van der Waals surface area contributed by atoms with E-state index in [0.29, 0.717) is 34.5 Å². The highest BCUT2D eigenvalue weighted by molar-refractivity contribution is 6.01. The molecule has 0 aliphatic heterocycles. The lowest BCUT2D eigenvalue weighted by Gasteiger charge is -2.18. The second-order valence-corrected chi connectivity index (χ2v) is 7.23. The summed E-state index contributed by atoms with van der Waals surface area (Å²) in [6.07, 6.45) is 8.02. The zero-order chi connectivity index (χ0) is 24.2. The molecule has 34 heavy (non-hydrogen) atoms. The predicted molar refractivity (Wildman–Crippen MR) is 122 cm³/mol.